The quantitative estimate of drug-likeness (QED) is 0.847. The molecule has 0 radical (unpaired) electrons. The third-order valence-corrected chi connectivity index (χ3v) is 6.32. The Morgan fingerprint density at radius 3 is 2.55 bits per heavy atom. The molecule has 0 amide bonds. The van der Waals surface area contributed by atoms with E-state index in [1.165, 1.54) is 58.0 Å². The van der Waals surface area contributed by atoms with Gasteiger partial charge in [-0.2, -0.15) is 0 Å². The molecule has 1 N–H and O–H groups in total. The SMILES string of the molecule is CC1CCC(C(C)C)C(N2CCCC2C2CCCN2)C1. The minimum absolute atomic E-state index is 0.794. The topological polar surface area (TPSA) is 15.3 Å². The molecule has 5 unspecified atom stereocenters. The van der Waals surface area contributed by atoms with Gasteiger partial charge in [0.25, 0.3) is 0 Å². The molecular weight excluding hydrogens is 244 g/mol. The Balaban J connectivity index is 1.73. The van der Waals surface area contributed by atoms with E-state index in [9.17, 15) is 0 Å². The molecule has 2 nitrogen and oxygen atoms in total. The van der Waals surface area contributed by atoms with Crippen LogP contribution in [0.4, 0.5) is 0 Å². The molecule has 1 saturated carbocycles. The number of nitrogens with zero attached hydrogens (tertiary/aromatic N) is 1. The normalized spacial score (nSPS) is 43.5. The van der Waals surface area contributed by atoms with Gasteiger partial charge in [-0.3, -0.25) is 4.90 Å². The van der Waals surface area contributed by atoms with Gasteiger partial charge in [-0.15, -0.1) is 0 Å². The Morgan fingerprint density at radius 2 is 1.85 bits per heavy atom. The second-order valence-electron chi connectivity index (χ2n) is 8.04. The van der Waals surface area contributed by atoms with E-state index in [4.69, 9.17) is 0 Å². The monoisotopic (exact) mass is 278 g/mol. The Kier molecular flexibility index (Phi) is 4.72. The number of nitrogens with one attached hydrogen (secondary N) is 1. The van der Waals surface area contributed by atoms with E-state index in [1.807, 2.05) is 0 Å². The van der Waals surface area contributed by atoms with Crippen LogP contribution in [0.2, 0.25) is 0 Å². The van der Waals surface area contributed by atoms with Crippen molar-refractivity contribution in [3.63, 3.8) is 0 Å². The van der Waals surface area contributed by atoms with Crippen molar-refractivity contribution in [1.82, 2.24) is 10.2 Å². The maximum atomic E-state index is 3.78. The van der Waals surface area contributed by atoms with Crippen molar-refractivity contribution in [2.75, 3.05) is 13.1 Å². The summed E-state index contributed by atoms with van der Waals surface area (Å²) in [6.45, 7) is 9.99. The summed E-state index contributed by atoms with van der Waals surface area (Å²) in [6.07, 6.45) is 10.0. The average Bonchev–Trinajstić information content (AvgIpc) is 3.09. The number of hydrogen-bond donors (Lipinski definition) is 1. The fourth-order valence-electron chi connectivity index (χ4n) is 5.23. The van der Waals surface area contributed by atoms with Gasteiger partial charge in [-0.05, 0) is 69.4 Å². The van der Waals surface area contributed by atoms with E-state index in [0.717, 1.165) is 35.9 Å². The molecule has 2 heteroatoms. The molecule has 3 rings (SSSR count). The first-order chi connectivity index (χ1) is 9.66. The van der Waals surface area contributed by atoms with Gasteiger partial charge in [0.05, 0.1) is 0 Å². The van der Waals surface area contributed by atoms with Gasteiger partial charge in [0.2, 0.25) is 0 Å². The Bertz CT molecular complexity index is 309. The molecule has 0 spiro atoms. The summed E-state index contributed by atoms with van der Waals surface area (Å²) in [7, 11) is 0. The lowest BCUT2D eigenvalue weighted by molar-refractivity contribution is 0.0413. The van der Waals surface area contributed by atoms with Gasteiger partial charge >= 0.3 is 0 Å². The van der Waals surface area contributed by atoms with E-state index in [2.05, 4.69) is 31.0 Å². The van der Waals surface area contributed by atoms with Crippen LogP contribution in [-0.2, 0) is 0 Å². The number of hydrogen-bond acceptors (Lipinski definition) is 2. The van der Waals surface area contributed by atoms with Crippen LogP contribution in [0.15, 0.2) is 0 Å². The van der Waals surface area contributed by atoms with Gasteiger partial charge in [0, 0.05) is 18.1 Å². The maximum Gasteiger partial charge on any atom is 0.0252 e. The molecule has 0 bridgehead atoms. The van der Waals surface area contributed by atoms with Crippen LogP contribution < -0.4 is 5.32 Å². The fraction of sp³-hybridized carbons (Fsp3) is 1.00. The lowest BCUT2D eigenvalue weighted by Crippen LogP contribution is -2.53. The van der Waals surface area contributed by atoms with Crippen LogP contribution in [-0.4, -0.2) is 36.1 Å². The zero-order valence-electron chi connectivity index (χ0n) is 13.8. The average molecular weight is 278 g/mol. The molecule has 0 aromatic heterocycles. The zero-order valence-corrected chi connectivity index (χ0v) is 13.8. The van der Waals surface area contributed by atoms with Crippen molar-refractivity contribution in [1.29, 1.82) is 0 Å². The van der Waals surface area contributed by atoms with Crippen LogP contribution in [0.3, 0.4) is 0 Å². The van der Waals surface area contributed by atoms with E-state index in [-0.39, 0.29) is 0 Å². The largest absolute Gasteiger partial charge is 0.312 e. The fourth-order valence-corrected chi connectivity index (χ4v) is 5.23. The highest BCUT2D eigenvalue weighted by molar-refractivity contribution is 4.98. The molecule has 5 atom stereocenters. The van der Waals surface area contributed by atoms with Crippen LogP contribution in [0.1, 0.15) is 65.7 Å². The molecule has 0 aromatic rings. The highest BCUT2D eigenvalue weighted by atomic mass is 15.2. The van der Waals surface area contributed by atoms with Crippen LogP contribution in [0.25, 0.3) is 0 Å². The first kappa shape index (κ1) is 14.8. The van der Waals surface area contributed by atoms with E-state index >= 15 is 0 Å². The van der Waals surface area contributed by atoms with E-state index < -0.39 is 0 Å². The molecule has 1 aliphatic carbocycles. The third kappa shape index (κ3) is 2.92. The summed E-state index contributed by atoms with van der Waals surface area (Å²) in [5.41, 5.74) is 0. The summed E-state index contributed by atoms with van der Waals surface area (Å²) >= 11 is 0. The summed E-state index contributed by atoms with van der Waals surface area (Å²) in [4.78, 5) is 2.95. The summed E-state index contributed by atoms with van der Waals surface area (Å²) in [5, 5.41) is 3.78. The van der Waals surface area contributed by atoms with E-state index in [1.54, 1.807) is 0 Å². The first-order valence-electron chi connectivity index (χ1n) is 9.16. The molecule has 20 heavy (non-hydrogen) atoms. The summed E-state index contributed by atoms with van der Waals surface area (Å²) in [6, 6.07) is 2.50. The van der Waals surface area contributed by atoms with Gasteiger partial charge < -0.3 is 5.32 Å². The van der Waals surface area contributed by atoms with Crippen molar-refractivity contribution < 1.29 is 0 Å². The smallest absolute Gasteiger partial charge is 0.0252 e. The number of rotatable bonds is 3. The first-order valence-corrected chi connectivity index (χ1v) is 9.16. The standard InChI is InChI=1S/C18H34N2/c1-13(2)15-9-8-14(3)12-18(15)20-11-5-7-17(20)16-6-4-10-19-16/h13-19H,4-12H2,1-3H3. The molecular formula is C18H34N2. The molecule has 3 fully saturated rings. The number of likely N-dealkylation sites (tertiary alicyclic amines) is 1. The van der Waals surface area contributed by atoms with Crippen molar-refractivity contribution in [3.05, 3.63) is 0 Å². The Morgan fingerprint density at radius 1 is 1.00 bits per heavy atom. The minimum Gasteiger partial charge on any atom is -0.312 e. The molecule has 116 valence electrons. The lowest BCUT2D eigenvalue weighted by Gasteiger charge is -2.46. The molecule has 3 aliphatic rings. The second kappa shape index (κ2) is 6.36. The molecule has 2 saturated heterocycles. The second-order valence-corrected chi connectivity index (χ2v) is 8.04. The summed E-state index contributed by atoms with van der Waals surface area (Å²) < 4.78 is 0. The van der Waals surface area contributed by atoms with Gasteiger partial charge in [0.1, 0.15) is 0 Å². The lowest BCUT2D eigenvalue weighted by atomic mass is 9.73. The third-order valence-electron chi connectivity index (χ3n) is 6.32. The van der Waals surface area contributed by atoms with Gasteiger partial charge in [-0.25, -0.2) is 0 Å². The van der Waals surface area contributed by atoms with Crippen LogP contribution in [0, 0.1) is 17.8 Å². The Labute approximate surface area is 125 Å². The predicted molar refractivity (Wildman–Crippen MR) is 85.9 cm³/mol. The van der Waals surface area contributed by atoms with Gasteiger partial charge in [-0.1, -0.05) is 27.2 Å². The highest BCUT2D eigenvalue weighted by Crippen LogP contribution is 2.40. The van der Waals surface area contributed by atoms with Crippen molar-refractivity contribution in [2.24, 2.45) is 17.8 Å². The molecule has 2 heterocycles. The molecule has 2 aliphatic heterocycles. The van der Waals surface area contributed by atoms with Crippen molar-refractivity contribution >= 4 is 0 Å². The minimum atomic E-state index is 0.794. The van der Waals surface area contributed by atoms with Crippen molar-refractivity contribution in [2.45, 2.75) is 83.8 Å². The van der Waals surface area contributed by atoms with Gasteiger partial charge in [0.15, 0.2) is 0 Å². The van der Waals surface area contributed by atoms with E-state index in [0.29, 0.717) is 0 Å². The highest BCUT2D eigenvalue weighted by Gasteiger charge is 2.42. The van der Waals surface area contributed by atoms with Crippen LogP contribution in [0.5, 0.6) is 0 Å². The Hall–Kier alpha value is -0.0800. The van der Waals surface area contributed by atoms with Crippen molar-refractivity contribution in [3.8, 4) is 0 Å². The zero-order chi connectivity index (χ0) is 14.1. The molecule has 0 aromatic carbocycles. The predicted octanol–water partition coefficient (Wildman–Crippen LogP) is 3.66. The van der Waals surface area contributed by atoms with Crippen LogP contribution >= 0.6 is 0 Å². The maximum absolute atomic E-state index is 3.78. The summed E-state index contributed by atoms with van der Waals surface area (Å²) in [5.74, 6) is 2.73.